The predicted molar refractivity (Wildman–Crippen MR) is 97.0 cm³/mol. The zero-order valence-corrected chi connectivity index (χ0v) is 15.5. The van der Waals surface area contributed by atoms with E-state index in [1.165, 1.54) is 24.1 Å². The number of hydrogen-bond acceptors (Lipinski definition) is 4. The SMILES string of the molecule is COc1ccccc1CNC(=O)[C@@H]1COC(=O)N1Cc1ccc(C(F)(F)F)cc1. The molecule has 154 valence electrons. The summed E-state index contributed by atoms with van der Waals surface area (Å²) in [5, 5.41) is 2.74. The van der Waals surface area contributed by atoms with Gasteiger partial charge < -0.3 is 14.8 Å². The molecule has 0 aliphatic carbocycles. The van der Waals surface area contributed by atoms with Crippen LogP contribution in [0.15, 0.2) is 48.5 Å². The van der Waals surface area contributed by atoms with Crippen LogP contribution >= 0.6 is 0 Å². The lowest BCUT2D eigenvalue weighted by Crippen LogP contribution is -2.45. The van der Waals surface area contributed by atoms with E-state index in [-0.39, 0.29) is 19.7 Å². The maximum Gasteiger partial charge on any atom is 0.416 e. The van der Waals surface area contributed by atoms with Gasteiger partial charge in [0.1, 0.15) is 18.4 Å². The third-order valence-corrected chi connectivity index (χ3v) is 4.56. The van der Waals surface area contributed by atoms with Gasteiger partial charge in [0.25, 0.3) is 0 Å². The fraction of sp³-hybridized carbons (Fsp3) is 0.300. The minimum Gasteiger partial charge on any atom is -0.496 e. The second-order valence-corrected chi connectivity index (χ2v) is 6.44. The number of nitrogens with one attached hydrogen (secondary N) is 1. The second-order valence-electron chi connectivity index (χ2n) is 6.44. The summed E-state index contributed by atoms with van der Waals surface area (Å²) in [6, 6.07) is 10.7. The molecule has 3 rings (SSSR count). The van der Waals surface area contributed by atoms with Crippen molar-refractivity contribution in [3.05, 3.63) is 65.2 Å². The van der Waals surface area contributed by atoms with Crippen molar-refractivity contribution >= 4 is 12.0 Å². The molecule has 0 aromatic heterocycles. The van der Waals surface area contributed by atoms with Gasteiger partial charge >= 0.3 is 12.3 Å². The van der Waals surface area contributed by atoms with E-state index in [1.54, 1.807) is 18.2 Å². The first-order valence-corrected chi connectivity index (χ1v) is 8.78. The Labute approximate surface area is 165 Å². The number of carbonyl (C=O) groups excluding carboxylic acids is 2. The van der Waals surface area contributed by atoms with Crippen LogP contribution in [0.1, 0.15) is 16.7 Å². The van der Waals surface area contributed by atoms with Crippen molar-refractivity contribution in [2.75, 3.05) is 13.7 Å². The summed E-state index contributed by atoms with van der Waals surface area (Å²) in [6.07, 6.45) is -5.13. The fourth-order valence-corrected chi connectivity index (χ4v) is 2.99. The molecule has 2 amide bonds. The molecule has 0 saturated carbocycles. The maximum absolute atomic E-state index is 12.7. The number of nitrogens with zero attached hydrogens (tertiary/aromatic N) is 1. The Kier molecular flexibility index (Phi) is 5.95. The van der Waals surface area contributed by atoms with Crippen LogP contribution in [0.3, 0.4) is 0 Å². The topological polar surface area (TPSA) is 67.9 Å². The second kappa shape index (κ2) is 8.42. The Bertz CT molecular complexity index is 884. The Morgan fingerprint density at radius 3 is 2.55 bits per heavy atom. The van der Waals surface area contributed by atoms with Gasteiger partial charge in [0.05, 0.1) is 19.2 Å². The number of halogens is 3. The Hall–Kier alpha value is -3.23. The highest BCUT2D eigenvalue weighted by molar-refractivity contribution is 5.87. The molecule has 2 aromatic rings. The number of alkyl halides is 3. The zero-order chi connectivity index (χ0) is 21.0. The van der Waals surface area contributed by atoms with Gasteiger partial charge in [-0.25, -0.2) is 4.79 Å². The van der Waals surface area contributed by atoms with Gasteiger partial charge in [0.15, 0.2) is 0 Å². The summed E-state index contributed by atoms with van der Waals surface area (Å²) in [5.41, 5.74) is 0.443. The number of hydrogen-bond donors (Lipinski definition) is 1. The molecule has 6 nitrogen and oxygen atoms in total. The highest BCUT2D eigenvalue weighted by atomic mass is 19.4. The van der Waals surface area contributed by atoms with Crippen molar-refractivity contribution in [2.24, 2.45) is 0 Å². The van der Waals surface area contributed by atoms with Crippen LogP contribution in [-0.4, -0.2) is 36.7 Å². The van der Waals surface area contributed by atoms with Crippen molar-refractivity contribution in [3.63, 3.8) is 0 Å². The van der Waals surface area contributed by atoms with E-state index in [4.69, 9.17) is 9.47 Å². The molecule has 1 heterocycles. The van der Waals surface area contributed by atoms with Crippen molar-refractivity contribution in [3.8, 4) is 5.75 Å². The molecule has 1 aliphatic rings. The van der Waals surface area contributed by atoms with E-state index in [2.05, 4.69) is 5.32 Å². The maximum atomic E-state index is 12.7. The third-order valence-electron chi connectivity index (χ3n) is 4.56. The number of carbonyl (C=O) groups is 2. The van der Waals surface area contributed by atoms with Crippen LogP contribution in [-0.2, 0) is 28.8 Å². The zero-order valence-electron chi connectivity index (χ0n) is 15.5. The molecule has 29 heavy (non-hydrogen) atoms. The monoisotopic (exact) mass is 408 g/mol. The van der Waals surface area contributed by atoms with E-state index in [9.17, 15) is 22.8 Å². The van der Waals surface area contributed by atoms with E-state index in [0.717, 1.165) is 17.7 Å². The molecule has 0 spiro atoms. The molecule has 9 heteroatoms. The largest absolute Gasteiger partial charge is 0.496 e. The summed E-state index contributed by atoms with van der Waals surface area (Å²) in [6.45, 7) is 0.0304. The van der Waals surface area contributed by atoms with E-state index in [0.29, 0.717) is 11.3 Å². The van der Waals surface area contributed by atoms with Crippen LogP contribution in [0.5, 0.6) is 5.75 Å². The first-order valence-electron chi connectivity index (χ1n) is 8.78. The molecule has 2 aromatic carbocycles. The summed E-state index contributed by atoms with van der Waals surface area (Å²) in [7, 11) is 1.52. The first kappa shape index (κ1) is 20.5. The van der Waals surface area contributed by atoms with Crippen LogP contribution in [0, 0.1) is 0 Å². The van der Waals surface area contributed by atoms with E-state index in [1.807, 2.05) is 6.07 Å². The number of benzene rings is 2. The molecular formula is C20H19F3N2O4. The highest BCUT2D eigenvalue weighted by Gasteiger charge is 2.38. The molecule has 0 unspecified atom stereocenters. The highest BCUT2D eigenvalue weighted by Crippen LogP contribution is 2.29. The first-order chi connectivity index (χ1) is 13.8. The summed E-state index contributed by atoms with van der Waals surface area (Å²) in [5.74, 6) is 0.196. The van der Waals surface area contributed by atoms with Gasteiger partial charge in [-0.1, -0.05) is 30.3 Å². The minimum atomic E-state index is -4.44. The van der Waals surface area contributed by atoms with Crippen molar-refractivity contribution in [1.82, 2.24) is 10.2 Å². The predicted octanol–water partition coefficient (Wildman–Crippen LogP) is 3.35. The van der Waals surface area contributed by atoms with Gasteiger partial charge in [-0.15, -0.1) is 0 Å². The molecule has 1 aliphatic heterocycles. The lowest BCUT2D eigenvalue weighted by atomic mass is 10.1. The smallest absolute Gasteiger partial charge is 0.416 e. The van der Waals surface area contributed by atoms with Gasteiger partial charge in [-0.2, -0.15) is 13.2 Å². The molecule has 1 N–H and O–H groups in total. The molecule has 0 bridgehead atoms. The molecular weight excluding hydrogens is 389 g/mol. The van der Waals surface area contributed by atoms with Gasteiger partial charge in [0.2, 0.25) is 5.91 Å². The quantitative estimate of drug-likeness (QED) is 0.796. The molecule has 1 saturated heterocycles. The van der Waals surface area contributed by atoms with Gasteiger partial charge in [0, 0.05) is 12.1 Å². The number of amides is 2. The minimum absolute atomic E-state index is 0.0380. The number of cyclic esters (lactones) is 1. The average Bonchev–Trinajstić information content (AvgIpc) is 3.06. The van der Waals surface area contributed by atoms with Crippen LogP contribution in [0.2, 0.25) is 0 Å². The standard InChI is InChI=1S/C20H19F3N2O4/c1-28-17-5-3-2-4-14(17)10-24-18(26)16-12-29-19(27)25(16)11-13-6-8-15(9-7-13)20(21,22)23/h2-9,16H,10-12H2,1H3,(H,24,26)/t16-/m0/s1. The summed E-state index contributed by atoms with van der Waals surface area (Å²) < 4.78 is 48.3. The number of rotatable bonds is 6. The number of ether oxygens (including phenoxy) is 2. The van der Waals surface area contributed by atoms with Gasteiger partial charge in [-0.3, -0.25) is 9.69 Å². The Balaban J connectivity index is 1.66. The molecule has 0 radical (unpaired) electrons. The summed E-state index contributed by atoms with van der Waals surface area (Å²) >= 11 is 0. The Morgan fingerprint density at radius 1 is 1.21 bits per heavy atom. The van der Waals surface area contributed by atoms with Crippen molar-refractivity contribution < 1.29 is 32.2 Å². The number of methoxy groups -OCH3 is 1. The average molecular weight is 408 g/mol. The fourth-order valence-electron chi connectivity index (χ4n) is 2.99. The van der Waals surface area contributed by atoms with Crippen LogP contribution in [0.4, 0.5) is 18.0 Å². The van der Waals surface area contributed by atoms with E-state index >= 15 is 0 Å². The Morgan fingerprint density at radius 2 is 1.90 bits per heavy atom. The summed E-state index contributed by atoms with van der Waals surface area (Å²) in [4.78, 5) is 25.8. The molecule has 1 atom stereocenters. The third kappa shape index (κ3) is 4.79. The lowest BCUT2D eigenvalue weighted by Gasteiger charge is -2.21. The van der Waals surface area contributed by atoms with Crippen molar-refractivity contribution in [2.45, 2.75) is 25.3 Å². The van der Waals surface area contributed by atoms with Crippen molar-refractivity contribution in [1.29, 1.82) is 0 Å². The van der Waals surface area contributed by atoms with Crippen LogP contribution < -0.4 is 10.1 Å². The van der Waals surface area contributed by atoms with Crippen LogP contribution in [0.25, 0.3) is 0 Å². The van der Waals surface area contributed by atoms with Gasteiger partial charge in [-0.05, 0) is 23.8 Å². The number of para-hydroxylation sites is 1. The van der Waals surface area contributed by atoms with E-state index < -0.39 is 29.8 Å². The molecule has 1 fully saturated rings. The normalized spacial score (nSPS) is 16.5. The lowest BCUT2D eigenvalue weighted by molar-refractivity contribution is -0.137.